The number of rotatable bonds is 6. The first-order valence-corrected chi connectivity index (χ1v) is 13.3. The molecule has 0 aliphatic rings. The summed E-state index contributed by atoms with van der Waals surface area (Å²) < 4.78 is 6.20. The number of aromatic hydroxyl groups is 1. The third kappa shape index (κ3) is 4.82. The Hall–Kier alpha value is -4.70. The second-order valence-electron chi connectivity index (χ2n) is 10.3. The predicted molar refractivity (Wildman–Crippen MR) is 158 cm³/mol. The van der Waals surface area contributed by atoms with E-state index in [9.17, 15) is 5.11 Å². The van der Waals surface area contributed by atoms with Gasteiger partial charge in [0.2, 0.25) is 5.89 Å². The van der Waals surface area contributed by atoms with Crippen molar-refractivity contribution < 1.29 is 9.52 Å². The van der Waals surface area contributed by atoms with Crippen molar-refractivity contribution in [3.63, 3.8) is 0 Å². The van der Waals surface area contributed by atoms with Crippen molar-refractivity contribution in [2.75, 3.05) is 0 Å². The molecule has 4 nitrogen and oxygen atoms in total. The maximum absolute atomic E-state index is 10.4. The summed E-state index contributed by atoms with van der Waals surface area (Å²) in [4.78, 5) is 9.91. The van der Waals surface area contributed by atoms with E-state index in [2.05, 4.69) is 99.6 Å². The second kappa shape index (κ2) is 10.2. The molecule has 2 aromatic heterocycles. The second-order valence-corrected chi connectivity index (χ2v) is 10.3. The van der Waals surface area contributed by atoms with Crippen LogP contribution in [0, 0.1) is 0 Å². The smallest absolute Gasteiger partial charge is 0.231 e. The number of phenolic OH excluding ortho intramolecular Hbond substituents is 1. The summed E-state index contributed by atoms with van der Waals surface area (Å²) in [5.41, 5.74) is 9.52. The Morgan fingerprint density at radius 2 is 1.38 bits per heavy atom. The molecule has 0 spiro atoms. The molecule has 6 rings (SSSR count). The van der Waals surface area contributed by atoms with Crippen molar-refractivity contribution in [3.05, 3.63) is 126 Å². The highest BCUT2D eigenvalue weighted by Gasteiger charge is 2.18. The third-order valence-electron chi connectivity index (χ3n) is 7.30. The average Bonchev–Trinajstić information content (AvgIpc) is 3.41. The normalized spacial score (nSPS) is 12.2. The highest BCUT2D eigenvalue weighted by Crippen LogP contribution is 2.38. The van der Waals surface area contributed by atoms with Gasteiger partial charge in [-0.2, -0.15) is 0 Å². The quantitative estimate of drug-likeness (QED) is 0.243. The molecule has 0 saturated carbocycles. The van der Waals surface area contributed by atoms with E-state index in [1.807, 2.05) is 18.2 Å². The van der Waals surface area contributed by atoms with Crippen molar-refractivity contribution in [1.29, 1.82) is 0 Å². The predicted octanol–water partition coefficient (Wildman–Crippen LogP) is 9.20. The number of pyridine rings is 1. The Morgan fingerprint density at radius 3 is 2.18 bits per heavy atom. The van der Waals surface area contributed by atoms with Gasteiger partial charge >= 0.3 is 0 Å². The van der Waals surface area contributed by atoms with Gasteiger partial charge in [0.25, 0.3) is 0 Å². The molecular formula is C35H30N2O2. The summed E-state index contributed by atoms with van der Waals surface area (Å²) in [5.74, 6) is 1.06. The van der Waals surface area contributed by atoms with Gasteiger partial charge in [-0.3, -0.25) is 4.98 Å². The molecule has 2 heterocycles. The molecule has 1 N–H and O–H groups in total. The molecular weight excluding hydrogens is 480 g/mol. The summed E-state index contributed by atoms with van der Waals surface area (Å²) >= 11 is 0. The fourth-order valence-corrected chi connectivity index (χ4v) is 4.99. The summed E-state index contributed by atoms with van der Waals surface area (Å²) in [6, 6.07) is 36.5. The Bertz CT molecular complexity index is 1770. The number of nitrogens with zero attached hydrogens (tertiary/aromatic N) is 2. The monoisotopic (exact) mass is 510 g/mol. The van der Waals surface area contributed by atoms with Crippen molar-refractivity contribution in [2.24, 2.45) is 0 Å². The number of para-hydroxylation sites is 1. The number of oxazole rings is 1. The van der Waals surface area contributed by atoms with Crippen LogP contribution in [0.1, 0.15) is 49.4 Å². The van der Waals surface area contributed by atoms with Gasteiger partial charge in [-0.25, -0.2) is 4.98 Å². The first-order valence-electron chi connectivity index (χ1n) is 13.3. The van der Waals surface area contributed by atoms with Gasteiger partial charge in [-0.1, -0.05) is 87.5 Å². The molecule has 39 heavy (non-hydrogen) atoms. The van der Waals surface area contributed by atoms with Crippen LogP contribution in [-0.4, -0.2) is 15.1 Å². The van der Waals surface area contributed by atoms with Crippen LogP contribution in [-0.2, 0) is 0 Å². The van der Waals surface area contributed by atoms with Gasteiger partial charge in [0.15, 0.2) is 5.58 Å². The van der Waals surface area contributed by atoms with Crippen LogP contribution < -0.4 is 0 Å². The van der Waals surface area contributed by atoms with Gasteiger partial charge < -0.3 is 9.52 Å². The van der Waals surface area contributed by atoms with Crippen molar-refractivity contribution in [2.45, 2.75) is 32.6 Å². The topological polar surface area (TPSA) is 59.2 Å². The van der Waals surface area contributed by atoms with Gasteiger partial charge in [0, 0.05) is 22.7 Å². The van der Waals surface area contributed by atoms with Crippen LogP contribution in [0.15, 0.2) is 114 Å². The molecule has 0 aliphatic carbocycles. The van der Waals surface area contributed by atoms with Gasteiger partial charge in [0.1, 0.15) is 11.3 Å². The zero-order chi connectivity index (χ0) is 26.9. The zero-order valence-corrected chi connectivity index (χ0v) is 22.3. The largest absolute Gasteiger partial charge is 0.507 e. The van der Waals surface area contributed by atoms with Crippen LogP contribution in [0.2, 0.25) is 0 Å². The van der Waals surface area contributed by atoms with E-state index in [0.717, 1.165) is 33.6 Å². The van der Waals surface area contributed by atoms with E-state index >= 15 is 0 Å². The summed E-state index contributed by atoms with van der Waals surface area (Å²) in [5, 5.41) is 10.4. The number of phenols is 1. The molecule has 6 aromatic rings. The fourth-order valence-electron chi connectivity index (χ4n) is 4.99. The van der Waals surface area contributed by atoms with E-state index in [-0.39, 0.29) is 11.7 Å². The Kier molecular flexibility index (Phi) is 6.45. The van der Waals surface area contributed by atoms with Gasteiger partial charge in [0.05, 0.1) is 11.3 Å². The highest BCUT2D eigenvalue weighted by atomic mass is 16.3. The molecule has 1 atom stereocenters. The van der Waals surface area contributed by atoms with Crippen LogP contribution in [0.25, 0.3) is 44.9 Å². The lowest BCUT2D eigenvalue weighted by Gasteiger charge is -2.14. The molecule has 4 aromatic carbocycles. The van der Waals surface area contributed by atoms with Crippen LogP contribution >= 0.6 is 0 Å². The molecule has 1 unspecified atom stereocenters. The number of hydrogen-bond donors (Lipinski definition) is 1. The van der Waals surface area contributed by atoms with E-state index in [0.29, 0.717) is 23.0 Å². The molecule has 0 fully saturated rings. The lowest BCUT2D eigenvalue weighted by molar-refractivity contribution is 0.474. The van der Waals surface area contributed by atoms with Crippen molar-refractivity contribution in [3.8, 4) is 39.6 Å². The minimum atomic E-state index is 0.146. The van der Waals surface area contributed by atoms with Crippen LogP contribution in [0.4, 0.5) is 0 Å². The SMILES string of the molecule is CC(C)c1cc(-c2cccc(-c3cccc(C(C)c4ccccc4)n3)c2)c2nc(-c3ccccc3O)oc2c1. The molecule has 192 valence electrons. The Morgan fingerprint density at radius 1 is 0.641 bits per heavy atom. The number of benzene rings is 4. The standard InChI is InChI=1S/C35H30N2O2/c1-22(2)27-20-29(34-33(21-27)39-35(37-34)28-15-7-8-18-32(28)38)25-13-9-14-26(19-25)31-17-10-16-30(36-31)23(3)24-11-5-4-6-12-24/h4-23,38H,1-3H3. The average molecular weight is 511 g/mol. The number of aromatic nitrogens is 2. The van der Waals surface area contributed by atoms with E-state index < -0.39 is 0 Å². The summed E-state index contributed by atoms with van der Waals surface area (Å²) in [7, 11) is 0. The lowest BCUT2D eigenvalue weighted by atomic mass is 9.94. The van der Waals surface area contributed by atoms with Crippen molar-refractivity contribution >= 4 is 11.1 Å². The maximum atomic E-state index is 10.4. The molecule has 0 amide bonds. The fraction of sp³-hybridized carbons (Fsp3) is 0.143. The molecule has 0 aliphatic heterocycles. The number of fused-ring (bicyclic) bond motifs is 1. The lowest BCUT2D eigenvalue weighted by Crippen LogP contribution is -2.00. The molecule has 0 radical (unpaired) electrons. The van der Waals surface area contributed by atoms with Gasteiger partial charge in [-0.15, -0.1) is 0 Å². The van der Waals surface area contributed by atoms with E-state index in [1.165, 1.54) is 11.1 Å². The molecule has 4 heteroatoms. The van der Waals surface area contributed by atoms with Crippen LogP contribution in [0.5, 0.6) is 5.75 Å². The summed E-state index contributed by atoms with van der Waals surface area (Å²) in [6.45, 7) is 6.54. The van der Waals surface area contributed by atoms with E-state index in [1.54, 1.807) is 12.1 Å². The minimum Gasteiger partial charge on any atom is -0.507 e. The highest BCUT2D eigenvalue weighted by molar-refractivity contribution is 5.94. The van der Waals surface area contributed by atoms with Crippen molar-refractivity contribution in [1.82, 2.24) is 9.97 Å². The van der Waals surface area contributed by atoms with Gasteiger partial charge in [-0.05, 0) is 65.1 Å². The third-order valence-corrected chi connectivity index (χ3v) is 7.30. The van der Waals surface area contributed by atoms with Crippen LogP contribution in [0.3, 0.4) is 0 Å². The van der Waals surface area contributed by atoms with E-state index in [4.69, 9.17) is 14.4 Å². The molecule has 0 saturated heterocycles. The minimum absolute atomic E-state index is 0.146. The Balaban J connectivity index is 1.45. The number of hydrogen-bond acceptors (Lipinski definition) is 4. The summed E-state index contributed by atoms with van der Waals surface area (Å²) in [6.07, 6.45) is 0. The Labute approximate surface area is 228 Å². The maximum Gasteiger partial charge on any atom is 0.231 e. The molecule has 0 bridgehead atoms. The first-order chi connectivity index (χ1) is 19.0. The first kappa shape index (κ1) is 24.6. The zero-order valence-electron chi connectivity index (χ0n) is 22.3.